The van der Waals surface area contributed by atoms with E-state index in [1.54, 1.807) is 0 Å². The quantitative estimate of drug-likeness (QED) is 0.913. The topological polar surface area (TPSA) is 21.3 Å². The van der Waals surface area contributed by atoms with Crippen molar-refractivity contribution < 1.29 is 4.74 Å². The van der Waals surface area contributed by atoms with Gasteiger partial charge in [0.25, 0.3) is 0 Å². The Balaban J connectivity index is 1.80. The first-order chi connectivity index (χ1) is 9.28. The summed E-state index contributed by atoms with van der Waals surface area (Å²) >= 11 is 2.02. The third kappa shape index (κ3) is 2.92. The molecular formula is C16H23NOS. The number of ether oxygens (including phenoxy) is 1. The normalized spacial score (nSPS) is 31.3. The Labute approximate surface area is 120 Å². The van der Waals surface area contributed by atoms with Gasteiger partial charge in [0, 0.05) is 16.9 Å². The van der Waals surface area contributed by atoms with Gasteiger partial charge < -0.3 is 10.1 Å². The van der Waals surface area contributed by atoms with Crippen LogP contribution in [-0.2, 0) is 5.54 Å². The van der Waals surface area contributed by atoms with Crippen molar-refractivity contribution in [1.29, 1.82) is 0 Å². The number of benzene rings is 1. The lowest BCUT2D eigenvalue weighted by atomic mass is 9.90. The molecule has 0 bridgehead atoms. The highest BCUT2D eigenvalue weighted by atomic mass is 32.2. The summed E-state index contributed by atoms with van der Waals surface area (Å²) in [6.45, 7) is 3.42. The molecule has 2 nitrogen and oxygen atoms in total. The first kappa shape index (κ1) is 13.3. The fourth-order valence-electron chi connectivity index (χ4n) is 3.13. The molecule has 2 unspecified atom stereocenters. The Morgan fingerprint density at radius 1 is 1.32 bits per heavy atom. The molecule has 0 radical (unpaired) electrons. The molecule has 2 aliphatic heterocycles. The van der Waals surface area contributed by atoms with E-state index >= 15 is 0 Å². The zero-order valence-corrected chi connectivity index (χ0v) is 12.5. The molecule has 3 rings (SSSR count). The van der Waals surface area contributed by atoms with Crippen LogP contribution >= 0.6 is 11.8 Å². The van der Waals surface area contributed by atoms with Gasteiger partial charge in [-0.1, -0.05) is 18.2 Å². The molecule has 0 aromatic heterocycles. The Hall–Kier alpha value is -0.670. The first-order valence-corrected chi connectivity index (χ1v) is 8.52. The third-order valence-corrected chi connectivity index (χ3v) is 5.45. The van der Waals surface area contributed by atoms with Crippen LogP contribution in [0.25, 0.3) is 0 Å². The van der Waals surface area contributed by atoms with Gasteiger partial charge in [-0.05, 0) is 51.0 Å². The zero-order chi connectivity index (χ0) is 13.1. The van der Waals surface area contributed by atoms with E-state index in [-0.39, 0.29) is 5.54 Å². The van der Waals surface area contributed by atoms with Crippen molar-refractivity contribution in [1.82, 2.24) is 5.32 Å². The van der Waals surface area contributed by atoms with Crippen molar-refractivity contribution in [3.63, 3.8) is 0 Å². The predicted molar refractivity (Wildman–Crippen MR) is 82.0 cm³/mol. The summed E-state index contributed by atoms with van der Waals surface area (Å²) in [5.74, 6) is 3.52. The number of rotatable bonds is 3. The second-order valence-electron chi connectivity index (χ2n) is 5.82. The molecule has 2 aliphatic rings. The van der Waals surface area contributed by atoms with Crippen LogP contribution in [0.4, 0.5) is 0 Å². The SMILES string of the molecule is CC1(c2ccccc2OC2CCCSC2)CCCN1. The van der Waals surface area contributed by atoms with Crippen LogP contribution in [0.15, 0.2) is 24.3 Å². The van der Waals surface area contributed by atoms with Crippen LogP contribution in [-0.4, -0.2) is 24.2 Å². The summed E-state index contributed by atoms with van der Waals surface area (Å²) < 4.78 is 6.30. The molecule has 1 aromatic rings. The van der Waals surface area contributed by atoms with Crippen molar-refractivity contribution in [3.05, 3.63) is 29.8 Å². The highest BCUT2D eigenvalue weighted by molar-refractivity contribution is 7.99. The number of hydrogen-bond acceptors (Lipinski definition) is 3. The maximum Gasteiger partial charge on any atom is 0.124 e. The van der Waals surface area contributed by atoms with Gasteiger partial charge >= 0.3 is 0 Å². The maximum atomic E-state index is 6.30. The minimum Gasteiger partial charge on any atom is -0.489 e. The largest absolute Gasteiger partial charge is 0.489 e. The second-order valence-corrected chi connectivity index (χ2v) is 6.97. The van der Waals surface area contributed by atoms with Crippen molar-refractivity contribution >= 4 is 11.8 Å². The Morgan fingerprint density at radius 2 is 2.21 bits per heavy atom. The molecular weight excluding hydrogens is 254 g/mol. The standard InChI is InChI=1S/C16H23NOS/c1-16(9-5-10-17-16)14-7-2-3-8-15(14)18-13-6-4-11-19-12-13/h2-3,7-8,13,17H,4-6,9-12H2,1H3. The van der Waals surface area contributed by atoms with Crippen LogP contribution in [0, 0.1) is 0 Å². The van der Waals surface area contributed by atoms with Gasteiger partial charge in [-0.2, -0.15) is 11.8 Å². The molecule has 19 heavy (non-hydrogen) atoms. The average molecular weight is 277 g/mol. The van der Waals surface area contributed by atoms with E-state index in [9.17, 15) is 0 Å². The maximum absolute atomic E-state index is 6.30. The molecule has 2 atom stereocenters. The molecule has 2 fully saturated rings. The van der Waals surface area contributed by atoms with Gasteiger partial charge in [-0.3, -0.25) is 0 Å². The molecule has 1 N–H and O–H groups in total. The van der Waals surface area contributed by atoms with Gasteiger partial charge in [-0.25, -0.2) is 0 Å². The van der Waals surface area contributed by atoms with Crippen molar-refractivity contribution in [2.45, 2.75) is 44.2 Å². The van der Waals surface area contributed by atoms with Crippen molar-refractivity contribution in [2.75, 3.05) is 18.1 Å². The van der Waals surface area contributed by atoms with Crippen LogP contribution in [0.5, 0.6) is 5.75 Å². The number of para-hydroxylation sites is 1. The molecule has 0 spiro atoms. The van der Waals surface area contributed by atoms with E-state index in [1.165, 1.54) is 37.0 Å². The minimum atomic E-state index is 0.0956. The lowest BCUT2D eigenvalue weighted by Crippen LogP contribution is -2.34. The van der Waals surface area contributed by atoms with Crippen LogP contribution < -0.4 is 10.1 Å². The summed E-state index contributed by atoms with van der Waals surface area (Å²) in [4.78, 5) is 0. The molecule has 1 aromatic carbocycles. The molecule has 0 aliphatic carbocycles. The lowest BCUT2D eigenvalue weighted by Gasteiger charge is -2.30. The summed E-state index contributed by atoms with van der Waals surface area (Å²) in [7, 11) is 0. The Morgan fingerprint density at radius 3 is 2.95 bits per heavy atom. The highest BCUT2D eigenvalue weighted by Crippen LogP contribution is 2.37. The summed E-state index contributed by atoms with van der Waals surface area (Å²) in [6, 6.07) is 8.58. The number of thioether (sulfide) groups is 1. The molecule has 3 heteroatoms. The first-order valence-electron chi connectivity index (χ1n) is 7.37. The van der Waals surface area contributed by atoms with E-state index in [0.29, 0.717) is 6.10 Å². The highest BCUT2D eigenvalue weighted by Gasteiger charge is 2.33. The van der Waals surface area contributed by atoms with Gasteiger partial charge in [0.1, 0.15) is 11.9 Å². The lowest BCUT2D eigenvalue weighted by molar-refractivity contribution is 0.204. The van der Waals surface area contributed by atoms with Gasteiger partial charge in [0.05, 0.1) is 0 Å². The van der Waals surface area contributed by atoms with Crippen LogP contribution in [0.3, 0.4) is 0 Å². The van der Waals surface area contributed by atoms with E-state index in [2.05, 4.69) is 36.5 Å². The number of hydrogen-bond donors (Lipinski definition) is 1. The Bertz CT molecular complexity index is 423. The molecule has 104 valence electrons. The number of nitrogens with one attached hydrogen (secondary N) is 1. The average Bonchev–Trinajstić information content (AvgIpc) is 2.88. The minimum absolute atomic E-state index is 0.0956. The fourth-order valence-corrected chi connectivity index (χ4v) is 4.17. The summed E-state index contributed by atoms with van der Waals surface area (Å²) in [5.41, 5.74) is 1.43. The summed E-state index contributed by atoms with van der Waals surface area (Å²) in [6.07, 6.45) is 5.33. The smallest absolute Gasteiger partial charge is 0.124 e. The molecule has 0 saturated carbocycles. The van der Waals surface area contributed by atoms with E-state index in [1.807, 2.05) is 11.8 Å². The van der Waals surface area contributed by atoms with Crippen LogP contribution in [0.1, 0.15) is 38.2 Å². The van der Waals surface area contributed by atoms with Gasteiger partial charge in [-0.15, -0.1) is 0 Å². The zero-order valence-electron chi connectivity index (χ0n) is 11.7. The van der Waals surface area contributed by atoms with E-state index < -0.39 is 0 Å². The van der Waals surface area contributed by atoms with E-state index in [0.717, 1.165) is 18.0 Å². The fraction of sp³-hybridized carbons (Fsp3) is 0.625. The third-order valence-electron chi connectivity index (χ3n) is 4.26. The van der Waals surface area contributed by atoms with E-state index in [4.69, 9.17) is 4.74 Å². The van der Waals surface area contributed by atoms with Gasteiger partial charge in [0.2, 0.25) is 0 Å². The Kier molecular flexibility index (Phi) is 4.04. The molecule has 2 saturated heterocycles. The monoisotopic (exact) mass is 277 g/mol. The second kappa shape index (κ2) is 5.76. The molecule has 0 amide bonds. The van der Waals surface area contributed by atoms with Crippen LogP contribution in [0.2, 0.25) is 0 Å². The summed E-state index contributed by atoms with van der Waals surface area (Å²) in [5, 5.41) is 3.64. The van der Waals surface area contributed by atoms with Gasteiger partial charge in [0.15, 0.2) is 0 Å². The predicted octanol–water partition coefficient (Wildman–Crippen LogP) is 3.56. The van der Waals surface area contributed by atoms with Crippen molar-refractivity contribution in [3.8, 4) is 5.75 Å². The molecule has 2 heterocycles. The van der Waals surface area contributed by atoms with Crippen molar-refractivity contribution in [2.24, 2.45) is 0 Å².